The number of hydrogen-bond acceptors (Lipinski definition) is 3. The van der Waals surface area contributed by atoms with Crippen molar-refractivity contribution in [1.29, 1.82) is 0 Å². The molecular formula is C14H21NO2. The van der Waals surface area contributed by atoms with Gasteiger partial charge in [0.15, 0.2) is 0 Å². The fraction of sp³-hybridized carbons (Fsp3) is 0.571. The molecule has 0 aliphatic carbocycles. The number of morpholine rings is 1. The summed E-state index contributed by atoms with van der Waals surface area (Å²) in [5.41, 5.74) is 1.16. The summed E-state index contributed by atoms with van der Waals surface area (Å²) in [6, 6.07) is 8.25. The number of phenols is 1. The van der Waals surface area contributed by atoms with Crippen molar-refractivity contribution >= 4 is 0 Å². The van der Waals surface area contributed by atoms with Crippen molar-refractivity contribution in [1.82, 2.24) is 4.90 Å². The topological polar surface area (TPSA) is 32.7 Å². The van der Waals surface area contributed by atoms with Crippen LogP contribution in [0, 0.1) is 0 Å². The normalized spacial score (nSPS) is 27.9. The van der Waals surface area contributed by atoms with Crippen molar-refractivity contribution in [3.8, 4) is 5.75 Å². The van der Waals surface area contributed by atoms with Crippen LogP contribution in [0.1, 0.15) is 32.4 Å². The van der Waals surface area contributed by atoms with Crippen LogP contribution in [-0.4, -0.2) is 35.3 Å². The highest BCUT2D eigenvalue weighted by Crippen LogP contribution is 2.27. The SMILES string of the molecule is CC1CN(C(C)c2cccc(O)c2)C(C)CO1. The molecule has 17 heavy (non-hydrogen) atoms. The standard InChI is InChI=1S/C14H21NO2/c1-10-9-17-11(2)8-15(10)12(3)13-5-4-6-14(16)7-13/h4-7,10-12,16H,8-9H2,1-3H3. The zero-order valence-corrected chi connectivity index (χ0v) is 10.8. The number of phenolic OH excluding ortho intramolecular Hbond substituents is 1. The molecule has 1 aliphatic rings. The van der Waals surface area contributed by atoms with E-state index in [1.165, 1.54) is 0 Å². The Hall–Kier alpha value is -1.06. The fourth-order valence-electron chi connectivity index (χ4n) is 2.44. The molecule has 1 heterocycles. The van der Waals surface area contributed by atoms with E-state index in [2.05, 4.69) is 31.7 Å². The summed E-state index contributed by atoms with van der Waals surface area (Å²) in [6.07, 6.45) is 0.283. The van der Waals surface area contributed by atoms with Gasteiger partial charge in [0.05, 0.1) is 12.7 Å². The molecule has 3 heteroatoms. The highest BCUT2D eigenvalue weighted by molar-refractivity contribution is 5.29. The first-order valence-electron chi connectivity index (χ1n) is 6.24. The van der Waals surface area contributed by atoms with Gasteiger partial charge in [-0.15, -0.1) is 0 Å². The van der Waals surface area contributed by atoms with Gasteiger partial charge in [-0.25, -0.2) is 0 Å². The van der Waals surface area contributed by atoms with Crippen LogP contribution in [0.25, 0.3) is 0 Å². The summed E-state index contributed by atoms with van der Waals surface area (Å²) >= 11 is 0. The zero-order chi connectivity index (χ0) is 12.4. The van der Waals surface area contributed by atoms with Gasteiger partial charge in [-0.3, -0.25) is 4.90 Å². The second-order valence-electron chi connectivity index (χ2n) is 4.96. The Morgan fingerprint density at radius 2 is 2.18 bits per heavy atom. The van der Waals surface area contributed by atoms with Gasteiger partial charge in [0.2, 0.25) is 0 Å². The Labute approximate surface area is 103 Å². The third kappa shape index (κ3) is 2.79. The molecule has 0 amide bonds. The minimum Gasteiger partial charge on any atom is -0.508 e. The number of hydrogen-bond donors (Lipinski definition) is 1. The van der Waals surface area contributed by atoms with Crippen molar-refractivity contribution in [3.63, 3.8) is 0 Å². The first-order valence-corrected chi connectivity index (χ1v) is 6.24. The Kier molecular flexibility index (Phi) is 3.69. The molecule has 1 fully saturated rings. The maximum atomic E-state index is 9.53. The third-order valence-electron chi connectivity index (χ3n) is 3.51. The van der Waals surface area contributed by atoms with E-state index in [1.807, 2.05) is 12.1 Å². The van der Waals surface area contributed by atoms with Crippen LogP contribution < -0.4 is 0 Å². The molecule has 3 nitrogen and oxygen atoms in total. The number of nitrogens with zero attached hydrogens (tertiary/aromatic N) is 1. The lowest BCUT2D eigenvalue weighted by molar-refractivity contribution is -0.0640. The van der Waals surface area contributed by atoms with E-state index in [0.29, 0.717) is 17.8 Å². The predicted molar refractivity (Wildman–Crippen MR) is 68.1 cm³/mol. The molecule has 0 radical (unpaired) electrons. The predicted octanol–water partition coefficient (Wildman–Crippen LogP) is 2.56. The highest BCUT2D eigenvalue weighted by atomic mass is 16.5. The molecule has 1 N–H and O–H groups in total. The van der Waals surface area contributed by atoms with Gasteiger partial charge in [0.25, 0.3) is 0 Å². The summed E-state index contributed by atoms with van der Waals surface area (Å²) in [5, 5.41) is 9.53. The minimum atomic E-state index is 0.283. The molecule has 1 aromatic rings. The molecule has 0 bridgehead atoms. The fourth-order valence-corrected chi connectivity index (χ4v) is 2.44. The average Bonchev–Trinajstić information content (AvgIpc) is 2.31. The van der Waals surface area contributed by atoms with E-state index in [-0.39, 0.29) is 6.10 Å². The van der Waals surface area contributed by atoms with E-state index in [1.54, 1.807) is 6.07 Å². The van der Waals surface area contributed by atoms with E-state index < -0.39 is 0 Å². The van der Waals surface area contributed by atoms with Crippen molar-refractivity contribution in [3.05, 3.63) is 29.8 Å². The van der Waals surface area contributed by atoms with Crippen LogP contribution in [0.2, 0.25) is 0 Å². The van der Waals surface area contributed by atoms with Crippen LogP contribution in [0.5, 0.6) is 5.75 Å². The smallest absolute Gasteiger partial charge is 0.115 e. The van der Waals surface area contributed by atoms with Crippen molar-refractivity contribution < 1.29 is 9.84 Å². The van der Waals surface area contributed by atoms with Crippen molar-refractivity contribution in [2.45, 2.75) is 39.0 Å². The van der Waals surface area contributed by atoms with Crippen LogP contribution in [0.15, 0.2) is 24.3 Å². The Morgan fingerprint density at radius 3 is 2.88 bits per heavy atom. The molecule has 94 valence electrons. The lowest BCUT2D eigenvalue weighted by Gasteiger charge is -2.40. The molecule has 0 spiro atoms. The monoisotopic (exact) mass is 235 g/mol. The third-order valence-corrected chi connectivity index (χ3v) is 3.51. The lowest BCUT2D eigenvalue weighted by Crippen LogP contribution is -2.48. The number of benzene rings is 1. The first-order chi connectivity index (χ1) is 8.08. The Balaban J connectivity index is 2.15. The molecule has 1 aromatic carbocycles. The van der Waals surface area contributed by atoms with Gasteiger partial charge in [0, 0.05) is 18.6 Å². The summed E-state index contributed by atoms with van der Waals surface area (Å²) in [5.74, 6) is 0.336. The lowest BCUT2D eigenvalue weighted by atomic mass is 10.0. The molecule has 0 saturated carbocycles. The van der Waals surface area contributed by atoms with E-state index in [4.69, 9.17) is 4.74 Å². The van der Waals surface area contributed by atoms with E-state index in [0.717, 1.165) is 18.7 Å². The second kappa shape index (κ2) is 5.07. The molecule has 1 aliphatic heterocycles. The maximum absolute atomic E-state index is 9.53. The van der Waals surface area contributed by atoms with Crippen LogP contribution >= 0.6 is 0 Å². The first kappa shape index (κ1) is 12.4. The Bertz CT molecular complexity index is 380. The van der Waals surface area contributed by atoms with Crippen LogP contribution in [0.3, 0.4) is 0 Å². The van der Waals surface area contributed by atoms with Crippen LogP contribution in [-0.2, 0) is 4.74 Å². The Morgan fingerprint density at radius 1 is 1.41 bits per heavy atom. The molecule has 0 aromatic heterocycles. The maximum Gasteiger partial charge on any atom is 0.115 e. The number of rotatable bonds is 2. The molecular weight excluding hydrogens is 214 g/mol. The van der Waals surface area contributed by atoms with E-state index in [9.17, 15) is 5.11 Å². The van der Waals surface area contributed by atoms with Gasteiger partial charge in [-0.2, -0.15) is 0 Å². The number of aromatic hydroxyl groups is 1. The summed E-state index contributed by atoms with van der Waals surface area (Å²) in [7, 11) is 0. The quantitative estimate of drug-likeness (QED) is 0.855. The zero-order valence-electron chi connectivity index (χ0n) is 10.8. The van der Waals surface area contributed by atoms with Crippen molar-refractivity contribution in [2.75, 3.05) is 13.2 Å². The largest absolute Gasteiger partial charge is 0.508 e. The molecule has 3 unspecified atom stereocenters. The van der Waals surface area contributed by atoms with Gasteiger partial charge >= 0.3 is 0 Å². The van der Waals surface area contributed by atoms with Crippen LogP contribution in [0.4, 0.5) is 0 Å². The molecule has 1 saturated heterocycles. The summed E-state index contributed by atoms with van der Waals surface area (Å²) in [4.78, 5) is 2.43. The highest BCUT2D eigenvalue weighted by Gasteiger charge is 2.28. The molecule has 3 atom stereocenters. The minimum absolute atomic E-state index is 0.283. The van der Waals surface area contributed by atoms with Crippen molar-refractivity contribution in [2.24, 2.45) is 0 Å². The number of ether oxygens (including phenoxy) is 1. The second-order valence-corrected chi connectivity index (χ2v) is 4.96. The van der Waals surface area contributed by atoms with Gasteiger partial charge in [0.1, 0.15) is 5.75 Å². The summed E-state index contributed by atoms with van der Waals surface area (Å²) < 4.78 is 5.64. The average molecular weight is 235 g/mol. The van der Waals surface area contributed by atoms with Gasteiger partial charge in [-0.1, -0.05) is 12.1 Å². The molecule has 2 rings (SSSR count). The van der Waals surface area contributed by atoms with Gasteiger partial charge in [-0.05, 0) is 38.5 Å². The van der Waals surface area contributed by atoms with Gasteiger partial charge < -0.3 is 9.84 Å². The van der Waals surface area contributed by atoms with E-state index >= 15 is 0 Å². The summed E-state index contributed by atoms with van der Waals surface area (Å²) in [6.45, 7) is 8.20.